The van der Waals surface area contributed by atoms with Crippen LogP contribution in [0.15, 0.2) is 54.7 Å². The maximum Gasteiger partial charge on any atom is 0.416 e. The molecule has 1 heterocycles. The van der Waals surface area contributed by atoms with Gasteiger partial charge in [0, 0.05) is 17.1 Å². The lowest BCUT2D eigenvalue weighted by molar-refractivity contribution is -0.137. The van der Waals surface area contributed by atoms with E-state index in [4.69, 9.17) is 0 Å². The summed E-state index contributed by atoms with van der Waals surface area (Å²) in [5.41, 5.74) is 1.36. The number of aromatic nitrogens is 1. The molecule has 0 bridgehead atoms. The van der Waals surface area contributed by atoms with E-state index < -0.39 is 11.7 Å². The molecule has 0 saturated heterocycles. The van der Waals surface area contributed by atoms with Gasteiger partial charge in [-0.15, -0.1) is 0 Å². The lowest BCUT2D eigenvalue weighted by Crippen LogP contribution is -2.05. The molecule has 1 nitrogen and oxygen atoms in total. The van der Waals surface area contributed by atoms with Crippen LogP contribution in [0.3, 0.4) is 0 Å². The molecule has 0 N–H and O–H groups in total. The Bertz CT molecular complexity index is 801. The molecule has 0 unspecified atom stereocenters. The molecule has 1 aromatic heterocycles. The van der Waals surface area contributed by atoms with Crippen LogP contribution in [0.25, 0.3) is 22.0 Å². The molecule has 0 saturated carbocycles. The fraction of sp³-hybridized carbons (Fsp3) is 0.118. The Hall–Kier alpha value is -2.36. The largest absolute Gasteiger partial charge is 0.416 e. The van der Waals surface area contributed by atoms with Crippen LogP contribution >= 0.6 is 0 Å². The Labute approximate surface area is 120 Å². The highest BCUT2D eigenvalue weighted by molar-refractivity contribution is 5.95. The molecular formula is C17H12F3N. The van der Waals surface area contributed by atoms with Gasteiger partial charge >= 0.3 is 6.18 Å². The normalized spacial score (nSPS) is 11.8. The molecule has 3 rings (SSSR count). The van der Waals surface area contributed by atoms with Gasteiger partial charge < -0.3 is 0 Å². The lowest BCUT2D eigenvalue weighted by atomic mass is 9.98. The molecule has 0 spiro atoms. The minimum Gasteiger partial charge on any atom is -0.256 e. The molecule has 0 fully saturated rings. The van der Waals surface area contributed by atoms with E-state index >= 15 is 0 Å². The summed E-state index contributed by atoms with van der Waals surface area (Å²) in [5, 5.41) is 1.95. The Morgan fingerprint density at radius 3 is 2.43 bits per heavy atom. The standard InChI is InChI=1S/C17H12F3N/c1-11-10-13(17(18,19)20)6-7-14(11)16-15-5-3-2-4-12(15)8-9-21-16/h2-10H,1H3. The molecule has 2 aromatic carbocycles. The van der Waals surface area contributed by atoms with Gasteiger partial charge in [-0.2, -0.15) is 13.2 Å². The van der Waals surface area contributed by atoms with Crippen molar-refractivity contribution in [3.63, 3.8) is 0 Å². The van der Waals surface area contributed by atoms with Gasteiger partial charge in [0.15, 0.2) is 0 Å². The van der Waals surface area contributed by atoms with Gasteiger partial charge in [-0.05, 0) is 36.1 Å². The van der Waals surface area contributed by atoms with Crippen molar-refractivity contribution >= 4 is 10.8 Å². The monoisotopic (exact) mass is 287 g/mol. The maximum atomic E-state index is 12.7. The zero-order chi connectivity index (χ0) is 15.0. The number of halogens is 3. The predicted molar refractivity (Wildman–Crippen MR) is 76.9 cm³/mol. The highest BCUT2D eigenvalue weighted by Gasteiger charge is 2.30. The van der Waals surface area contributed by atoms with Gasteiger partial charge in [0.05, 0.1) is 11.3 Å². The number of fused-ring (bicyclic) bond motifs is 1. The van der Waals surface area contributed by atoms with E-state index in [2.05, 4.69) is 4.98 Å². The van der Waals surface area contributed by atoms with Crippen LogP contribution in [0.2, 0.25) is 0 Å². The lowest BCUT2D eigenvalue weighted by Gasteiger charge is -2.12. The topological polar surface area (TPSA) is 12.9 Å². The molecular weight excluding hydrogens is 275 g/mol. The van der Waals surface area contributed by atoms with E-state index in [1.807, 2.05) is 30.3 Å². The first kappa shape index (κ1) is 13.6. The highest BCUT2D eigenvalue weighted by atomic mass is 19.4. The highest BCUT2D eigenvalue weighted by Crippen LogP contribution is 2.34. The molecule has 21 heavy (non-hydrogen) atoms. The van der Waals surface area contributed by atoms with E-state index in [9.17, 15) is 13.2 Å². The molecule has 0 aliphatic rings. The Balaban J connectivity index is 2.20. The zero-order valence-corrected chi connectivity index (χ0v) is 11.3. The maximum absolute atomic E-state index is 12.7. The van der Waals surface area contributed by atoms with E-state index in [1.165, 1.54) is 12.1 Å². The van der Waals surface area contributed by atoms with Crippen LogP contribution in [0.1, 0.15) is 11.1 Å². The van der Waals surface area contributed by atoms with Crippen molar-refractivity contribution in [2.75, 3.05) is 0 Å². The minimum absolute atomic E-state index is 0.564. The summed E-state index contributed by atoms with van der Waals surface area (Å²) >= 11 is 0. The smallest absolute Gasteiger partial charge is 0.256 e. The molecule has 3 aromatic rings. The number of pyridine rings is 1. The number of hydrogen-bond donors (Lipinski definition) is 0. The third-order valence-electron chi connectivity index (χ3n) is 3.48. The second kappa shape index (κ2) is 4.88. The minimum atomic E-state index is -4.32. The zero-order valence-electron chi connectivity index (χ0n) is 11.3. The summed E-state index contributed by atoms with van der Waals surface area (Å²) in [6.45, 7) is 1.67. The average molecular weight is 287 g/mol. The van der Waals surface area contributed by atoms with Crippen molar-refractivity contribution in [3.8, 4) is 11.3 Å². The van der Waals surface area contributed by atoms with Crippen LogP contribution in [-0.4, -0.2) is 4.98 Å². The van der Waals surface area contributed by atoms with Crippen molar-refractivity contribution in [1.29, 1.82) is 0 Å². The number of rotatable bonds is 1. The van der Waals surface area contributed by atoms with Gasteiger partial charge in [-0.1, -0.05) is 30.3 Å². The Morgan fingerprint density at radius 1 is 0.952 bits per heavy atom. The summed E-state index contributed by atoms with van der Waals surface area (Å²) in [4.78, 5) is 4.35. The Morgan fingerprint density at radius 2 is 1.71 bits per heavy atom. The second-order valence-corrected chi connectivity index (χ2v) is 4.91. The van der Waals surface area contributed by atoms with Crippen LogP contribution in [-0.2, 0) is 6.18 Å². The van der Waals surface area contributed by atoms with E-state index in [0.29, 0.717) is 11.3 Å². The summed E-state index contributed by atoms with van der Waals surface area (Å²) in [6.07, 6.45) is -2.65. The molecule has 4 heteroatoms. The third kappa shape index (κ3) is 2.49. The number of alkyl halides is 3. The average Bonchev–Trinajstić information content (AvgIpc) is 2.46. The molecule has 0 aliphatic carbocycles. The van der Waals surface area contributed by atoms with Crippen molar-refractivity contribution in [1.82, 2.24) is 4.98 Å². The number of aryl methyl sites for hydroxylation is 1. The predicted octanol–water partition coefficient (Wildman–Crippen LogP) is 5.23. The van der Waals surface area contributed by atoms with Crippen LogP contribution in [0.4, 0.5) is 13.2 Å². The fourth-order valence-corrected chi connectivity index (χ4v) is 2.44. The quantitative estimate of drug-likeness (QED) is 0.597. The summed E-state index contributed by atoms with van der Waals surface area (Å²) in [6, 6.07) is 13.4. The number of hydrogen-bond acceptors (Lipinski definition) is 1. The van der Waals surface area contributed by atoms with Crippen molar-refractivity contribution in [3.05, 3.63) is 65.9 Å². The second-order valence-electron chi connectivity index (χ2n) is 4.91. The molecule has 0 amide bonds. The SMILES string of the molecule is Cc1cc(C(F)(F)F)ccc1-c1nccc2ccccc12. The molecule has 106 valence electrons. The van der Waals surface area contributed by atoms with Crippen molar-refractivity contribution in [2.45, 2.75) is 13.1 Å². The first-order valence-corrected chi connectivity index (χ1v) is 6.49. The van der Waals surface area contributed by atoms with Crippen LogP contribution in [0, 0.1) is 6.92 Å². The van der Waals surface area contributed by atoms with Gasteiger partial charge in [0.1, 0.15) is 0 Å². The number of nitrogens with zero attached hydrogens (tertiary/aromatic N) is 1. The fourth-order valence-electron chi connectivity index (χ4n) is 2.44. The summed E-state index contributed by atoms with van der Waals surface area (Å²) in [7, 11) is 0. The Kier molecular flexibility index (Phi) is 3.16. The summed E-state index contributed by atoms with van der Waals surface area (Å²) < 4.78 is 38.2. The van der Waals surface area contributed by atoms with Crippen molar-refractivity contribution in [2.24, 2.45) is 0 Å². The van der Waals surface area contributed by atoms with Crippen LogP contribution < -0.4 is 0 Å². The van der Waals surface area contributed by atoms with E-state index in [1.54, 1.807) is 13.1 Å². The van der Waals surface area contributed by atoms with Crippen molar-refractivity contribution < 1.29 is 13.2 Å². The van der Waals surface area contributed by atoms with Crippen LogP contribution in [0.5, 0.6) is 0 Å². The van der Waals surface area contributed by atoms with Gasteiger partial charge in [-0.3, -0.25) is 4.98 Å². The molecule has 0 radical (unpaired) electrons. The molecule has 0 aliphatic heterocycles. The van der Waals surface area contributed by atoms with Gasteiger partial charge in [-0.25, -0.2) is 0 Å². The van der Waals surface area contributed by atoms with E-state index in [0.717, 1.165) is 22.4 Å². The van der Waals surface area contributed by atoms with Gasteiger partial charge in [0.2, 0.25) is 0 Å². The number of benzene rings is 2. The van der Waals surface area contributed by atoms with E-state index in [-0.39, 0.29) is 0 Å². The molecule has 0 atom stereocenters. The first-order chi connectivity index (χ1) is 9.97. The summed E-state index contributed by atoms with van der Waals surface area (Å²) in [5.74, 6) is 0. The third-order valence-corrected chi connectivity index (χ3v) is 3.48. The van der Waals surface area contributed by atoms with Gasteiger partial charge in [0.25, 0.3) is 0 Å². The first-order valence-electron chi connectivity index (χ1n) is 6.49.